The van der Waals surface area contributed by atoms with Gasteiger partial charge in [-0.2, -0.15) is 0 Å². The number of nitrogen functional groups attached to an aromatic ring is 1. The van der Waals surface area contributed by atoms with Crippen LogP contribution in [-0.4, -0.2) is 23.4 Å². The minimum Gasteiger partial charge on any atom is -0.496 e. The van der Waals surface area contributed by atoms with Gasteiger partial charge in [0.15, 0.2) is 0 Å². The largest absolute Gasteiger partial charge is 0.512 e. The van der Waals surface area contributed by atoms with Crippen LogP contribution in [0.3, 0.4) is 0 Å². The summed E-state index contributed by atoms with van der Waals surface area (Å²) in [6, 6.07) is 4.87. The fourth-order valence-electron chi connectivity index (χ4n) is 1.52. The monoisotopic (exact) mass is 222 g/mol. The Morgan fingerprint density at radius 1 is 1.44 bits per heavy atom. The van der Waals surface area contributed by atoms with E-state index in [-0.39, 0.29) is 5.88 Å². The number of rotatable bonds is 2. The maximum Gasteiger partial charge on any atom is 0.512 e. The molecule has 0 atom stereocenters. The quantitative estimate of drug-likeness (QED) is 0.531. The van der Waals surface area contributed by atoms with E-state index < -0.39 is 6.16 Å². The summed E-state index contributed by atoms with van der Waals surface area (Å²) in [4.78, 5) is 13.1. The summed E-state index contributed by atoms with van der Waals surface area (Å²) in [5.74, 6) is 0.692. The van der Waals surface area contributed by atoms with Crippen molar-refractivity contribution in [1.29, 1.82) is 0 Å². The average molecular weight is 222 g/mol. The Bertz CT molecular complexity index is 547. The predicted molar refractivity (Wildman–Crippen MR) is 57.9 cm³/mol. The van der Waals surface area contributed by atoms with Gasteiger partial charge in [-0.25, -0.2) is 4.79 Å². The molecule has 0 aliphatic heterocycles. The number of benzene rings is 1. The van der Waals surface area contributed by atoms with Crippen molar-refractivity contribution in [2.45, 2.75) is 0 Å². The highest BCUT2D eigenvalue weighted by Gasteiger charge is 2.10. The SMILES string of the molecule is COc1cc(N)cc2[nH]c(OC(=O)O)cc12. The molecule has 0 saturated carbocycles. The van der Waals surface area contributed by atoms with Gasteiger partial charge in [0, 0.05) is 23.2 Å². The molecule has 0 spiro atoms. The van der Waals surface area contributed by atoms with Crippen LogP contribution in [0.4, 0.5) is 10.5 Å². The lowest BCUT2D eigenvalue weighted by Crippen LogP contribution is -2.02. The van der Waals surface area contributed by atoms with Gasteiger partial charge in [-0.05, 0) is 6.07 Å². The average Bonchev–Trinajstić information content (AvgIpc) is 2.57. The Morgan fingerprint density at radius 3 is 2.81 bits per heavy atom. The lowest BCUT2D eigenvalue weighted by molar-refractivity contribution is 0.143. The molecule has 6 nitrogen and oxygen atoms in total. The van der Waals surface area contributed by atoms with Crippen LogP contribution in [0.5, 0.6) is 11.6 Å². The van der Waals surface area contributed by atoms with Crippen LogP contribution >= 0.6 is 0 Å². The number of fused-ring (bicyclic) bond motifs is 1. The molecule has 4 N–H and O–H groups in total. The first-order chi connectivity index (χ1) is 7.60. The number of H-pyrrole nitrogens is 1. The zero-order valence-corrected chi connectivity index (χ0v) is 8.48. The molecule has 1 aromatic heterocycles. The van der Waals surface area contributed by atoms with Gasteiger partial charge in [-0.1, -0.05) is 0 Å². The van der Waals surface area contributed by atoms with E-state index in [1.807, 2.05) is 0 Å². The molecular formula is C10H10N2O4. The topological polar surface area (TPSA) is 97.6 Å². The van der Waals surface area contributed by atoms with Gasteiger partial charge < -0.3 is 25.3 Å². The number of carbonyl (C=O) groups is 1. The standard InChI is InChI=1S/C10H10N2O4/c1-15-8-3-5(11)2-7-6(8)4-9(12-7)16-10(13)14/h2-4,12H,11H2,1H3,(H,13,14). The molecule has 0 aliphatic rings. The van der Waals surface area contributed by atoms with Crippen LogP contribution in [0.25, 0.3) is 10.9 Å². The maximum absolute atomic E-state index is 10.4. The van der Waals surface area contributed by atoms with Crippen molar-refractivity contribution in [1.82, 2.24) is 4.98 Å². The van der Waals surface area contributed by atoms with Crippen molar-refractivity contribution in [3.8, 4) is 11.6 Å². The molecule has 1 aromatic carbocycles. The Morgan fingerprint density at radius 2 is 2.19 bits per heavy atom. The molecule has 0 radical (unpaired) electrons. The third-order valence-electron chi connectivity index (χ3n) is 2.11. The van der Waals surface area contributed by atoms with Crippen molar-refractivity contribution in [3.05, 3.63) is 18.2 Å². The second kappa shape index (κ2) is 3.65. The highest BCUT2D eigenvalue weighted by molar-refractivity contribution is 5.90. The van der Waals surface area contributed by atoms with Crippen molar-refractivity contribution in [3.63, 3.8) is 0 Å². The first-order valence-corrected chi connectivity index (χ1v) is 4.47. The van der Waals surface area contributed by atoms with Crippen LogP contribution in [0.15, 0.2) is 18.2 Å². The van der Waals surface area contributed by atoms with Crippen molar-refractivity contribution in [2.75, 3.05) is 12.8 Å². The van der Waals surface area contributed by atoms with E-state index in [4.69, 9.17) is 15.6 Å². The minimum absolute atomic E-state index is 0.131. The zero-order valence-electron chi connectivity index (χ0n) is 8.48. The predicted octanol–water partition coefficient (Wildman–Crippen LogP) is 1.82. The fraction of sp³-hybridized carbons (Fsp3) is 0.100. The van der Waals surface area contributed by atoms with Gasteiger partial charge in [0.05, 0.1) is 12.6 Å². The van der Waals surface area contributed by atoms with E-state index in [0.29, 0.717) is 22.3 Å². The molecular weight excluding hydrogens is 212 g/mol. The number of methoxy groups -OCH3 is 1. The fourth-order valence-corrected chi connectivity index (χ4v) is 1.52. The highest BCUT2D eigenvalue weighted by atomic mass is 16.7. The number of hydrogen-bond donors (Lipinski definition) is 3. The lowest BCUT2D eigenvalue weighted by Gasteiger charge is -2.02. The molecule has 0 fully saturated rings. The zero-order chi connectivity index (χ0) is 11.7. The lowest BCUT2D eigenvalue weighted by atomic mass is 10.2. The first kappa shape index (κ1) is 10.2. The molecule has 0 unspecified atom stereocenters. The Balaban J connectivity index is 2.55. The summed E-state index contributed by atoms with van der Waals surface area (Å²) >= 11 is 0. The second-order valence-corrected chi connectivity index (χ2v) is 3.19. The number of nitrogens with one attached hydrogen (secondary N) is 1. The normalized spacial score (nSPS) is 10.3. The van der Waals surface area contributed by atoms with E-state index in [2.05, 4.69) is 9.72 Å². The van der Waals surface area contributed by atoms with Crippen LogP contribution in [0, 0.1) is 0 Å². The third-order valence-corrected chi connectivity index (χ3v) is 2.11. The summed E-state index contributed by atoms with van der Waals surface area (Å²) in [7, 11) is 1.51. The van der Waals surface area contributed by atoms with Gasteiger partial charge in [0.25, 0.3) is 0 Å². The molecule has 0 amide bonds. The van der Waals surface area contributed by atoms with E-state index in [9.17, 15) is 4.79 Å². The van der Waals surface area contributed by atoms with Crippen molar-refractivity contribution >= 4 is 22.7 Å². The van der Waals surface area contributed by atoms with E-state index >= 15 is 0 Å². The van der Waals surface area contributed by atoms with Crippen LogP contribution in [0.2, 0.25) is 0 Å². The van der Waals surface area contributed by atoms with Gasteiger partial charge in [0.1, 0.15) is 5.75 Å². The highest BCUT2D eigenvalue weighted by Crippen LogP contribution is 2.31. The van der Waals surface area contributed by atoms with E-state index in [1.165, 1.54) is 7.11 Å². The summed E-state index contributed by atoms with van der Waals surface area (Å²) in [6.45, 7) is 0. The smallest absolute Gasteiger partial charge is 0.496 e. The van der Waals surface area contributed by atoms with Crippen molar-refractivity contribution in [2.24, 2.45) is 0 Å². The van der Waals surface area contributed by atoms with Gasteiger partial charge in [-0.3, -0.25) is 0 Å². The maximum atomic E-state index is 10.4. The van der Waals surface area contributed by atoms with Gasteiger partial charge in [-0.15, -0.1) is 0 Å². The number of anilines is 1. The molecule has 2 rings (SSSR count). The number of carboxylic acid groups (broad SMARTS) is 1. The van der Waals surface area contributed by atoms with E-state index in [0.717, 1.165) is 0 Å². The van der Waals surface area contributed by atoms with Crippen LogP contribution in [-0.2, 0) is 0 Å². The molecule has 1 heterocycles. The van der Waals surface area contributed by atoms with Gasteiger partial charge in [0.2, 0.25) is 5.88 Å². The number of ether oxygens (including phenoxy) is 2. The molecule has 84 valence electrons. The number of hydrogen-bond acceptors (Lipinski definition) is 4. The number of nitrogens with two attached hydrogens (primary N) is 1. The molecule has 0 bridgehead atoms. The summed E-state index contributed by atoms with van der Waals surface area (Å²) in [5, 5.41) is 9.19. The van der Waals surface area contributed by atoms with Gasteiger partial charge >= 0.3 is 6.16 Å². The third kappa shape index (κ3) is 1.72. The summed E-state index contributed by atoms with van der Waals surface area (Å²) < 4.78 is 9.63. The number of aromatic nitrogens is 1. The molecule has 0 saturated heterocycles. The first-order valence-electron chi connectivity index (χ1n) is 4.47. The van der Waals surface area contributed by atoms with Crippen LogP contribution in [0.1, 0.15) is 0 Å². The van der Waals surface area contributed by atoms with E-state index in [1.54, 1.807) is 18.2 Å². The summed E-state index contributed by atoms with van der Waals surface area (Å²) in [5.41, 5.74) is 6.84. The van der Waals surface area contributed by atoms with Crippen molar-refractivity contribution < 1.29 is 19.4 Å². The Labute approximate surface area is 90.6 Å². The minimum atomic E-state index is -1.38. The molecule has 0 aliphatic carbocycles. The molecule has 16 heavy (non-hydrogen) atoms. The molecule has 2 aromatic rings. The Kier molecular flexibility index (Phi) is 2.32. The summed E-state index contributed by atoms with van der Waals surface area (Å²) in [6.07, 6.45) is -1.38. The Hall–Kier alpha value is -2.37. The number of aromatic amines is 1. The van der Waals surface area contributed by atoms with Crippen LogP contribution < -0.4 is 15.2 Å². The second-order valence-electron chi connectivity index (χ2n) is 3.19. The molecule has 6 heteroatoms.